The van der Waals surface area contributed by atoms with E-state index in [1.54, 1.807) is 0 Å². The number of nitrogens with two attached hydrogens (primary N) is 1. The van der Waals surface area contributed by atoms with Gasteiger partial charge in [-0.05, 0) is 18.6 Å². The van der Waals surface area contributed by atoms with Crippen molar-refractivity contribution in [3.63, 3.8) is 0 Å². The fourth-order valence-electron chi connectivity index (χ4n) is 1.72. The summed E-state index contributed by atoms with van der Waals surface area (Å²) in [5, 5.41) is 2.96. The molecule has 0 saturated heterocycles. The molecule has 0 aromatic rings. The van der Waals surface area contributed by atoms with Crippen molar-refractivity contribution in [3.8, 4) is 0 Å². The topological polar surface area (TPSA) is 55.1 Å². The van der Waals surface area contributed by atoms with Crippen LogP contribution in [0.5, 0.6) is 0 Å². The number of thiol groups is 1. The van der Waals surface area contributed by atoms with Crippen LogP contribution in [0.1, 0.15) is 32.1 Å². The van der Waals surface area contributed by atoms with Gasteiger partial charge in [0, 0.05) is 18.5 Å². The monoisotopic (exact) mass is 202 g/mol. The third-order valence-corrected chi connectivity index (χ3v) is 2.73. The van der Waals surface area contributed by atoms with E-state index in [0.29, 0.717) is 12.2 Å². The fraction of sp³-hybridized carbons (Fsp3) is 0.889. The van der Waals surface area contributed by atoms with Crippen LogP contribution in [0.3, 0.4) is 0 Å². The van der Waals surface area contributed by atoms with Gasteiger partial charge in [-0.25, -0.2) is 0 Å². The second kappa shape index (κ2) is 5.50. The van der Waals surface area contributed by atoms with E-state index in [1.807, 2.05) is 0 Å². The number of amides is 1. The SMILES string of the molecule is NC1CCCCC1NC(=O)CCS. The lowest BCUT2D eigenvalue weighted by molar-refractivity contribution is -0.121. The summed E-state index contributed by atoms with van der Waals surface area (Å²) in [5.74, 6) is 0.686. The van der Waals surface area contributed by atoms with Crippen LogP contribution in [0, 0.1) is 0 Å². The molecule has 0 aliphatic heterocycles. The van der Waals surface area contributed by atoms with Gasteiger partial charge in [0.2, 0.25) is 5.91 Å². The van der Waals surface area contributed by atoms with Crippen LogP contribution in [0.25, 0.3) is 0 Å². The molecule has 1 aliphatic carbocycles. The van der Waals surface area contributed by atoms with E-state index in [1.165, 1.54) is 12.8 Å². The van der Waals surface area contributed by atoms with Gasteiger partial charge in [0.15, 0.2) is 0 Å². The summed E-state index contributed by atoms with van der Waals surface area (Å²) >= 11 is 4.01. The lowest BCUT2D eigenvalue weighted by atomic mass is 9.91. The summed E-state index contributed by atoms with van der Waals surface area (Å²) in [6.45, 7) is 0. The van der Waals surface area contributed by atoms with Crippen LogP contribution in [-0.2, 0) is 4.79 Å². The highest BCUT2D eigenvalue weighted by Crippen LogP contribution is 2.16. The zero-order valence-corrected chi connectivity index (χ0v) is 8.72. The first-order chi connectivity index (χ1) is 6.24. The van der Waals surface area contributed by atoms with Gasteiger partial charge < -0.3 is 11.1 Å². The van der Waals surface area contributed by atoms with Crippen molar-refractivity contribution in [3.05, 3.63) is 0 Å². The molecule has 0 bridgehead atoms. The molecular weight excluding hydrogens is 184 g/mol. The van der Waals surface area contributed by atoms with Crippen LogP contribution >= 0.6 is 12.6 Å². The van der Waals surface area contributed by atoms with E-state index < -0.39 is 0 Å². The average molecular weight is 202 g/mol. The van der Waals surface area contributed by atoms with Crippen molar-refractivity contribution in [1.29, 1.82) is 0 Å². The summed E-state index contributed by atoms with van der Waals surface area (Å²) in [6.07, 6.45) is 4.93. The van der Waals surface area contributed by atoms with Crippen molar-refractivity contribution < 1.29 is 4.79 Å². The Balaban J connectivity index is 2.29. The Morgan fingerprint density at radius 3 is 2.77 bits per heavy atom. The number of hydrogen-bond acceptors (Lipinski definition) is 3. The Morgan fingerprint density at radius 2 is 2.15 bits per heavy atom. The number of rotatable bonds is 3. The van der Waals surface area contributed by atoms with E-state index in [0.717, 1.165) is 12.8 Å². The van der Waals surface area contributed by atoms with Crippen LogP contribution in [0.4, 0.5) is 0 Å². The van der Waals surface area contributed by atoms with E-state index >= 15 is 0 Å². The van der Waals surface area contributed by atoms with E-state index in [9.17, 15) is 4.79 Å². The van der Waals surface area contributed by atoms with Gasteiger partial charge in [0.05, 0.1) is 0 Å². The first-order valence-corrected chi connectivity index (χ1v) is 5.53. The summed E-state index contributed by atoms with van der Waals surface area (Å²) in [6, 6.07) is 0.346. The van der Waals surface area contributed by atoms with E-state index in [-0.39, 0.29) is 18.0 Å². The van der Waals surface area contributed by atoms with E-state index in [4.69, 9.17) is 5.73 Å². The summed E-state index contributed by atoms with van der Waals surface area (Å²) in [5.41, 5.74) is 5.89. The molecule has 1 aliphatic rings. The maximum atomic E-state index is 11.2. The van der Waals surface area contributed by atoms with Crippen molar-refractivity contribution in [2.45, 2.75) is 44.2 Å². The lowest BCUT2D eigenvalue weighted by Crippen LogP contribution is -2.49. The number of nitrogens with one attached hydrogen (secondary N) is 1. The predicted molar refractivity (Wildman–Crippen MR) is 56.8 cm³/mol. The average Bonchev–Trinajstić information content (AvgIpc) is 2.09. The molecule has 4 heteroatoms. The van der Waals surface area contributed by atoms with Crippen LogP contribution in [0.2, 0.25) is 0 Å². The Morgan fingerprint density at radius 1 is 1.46 bits per heavy atom. The summed E-state index contributed by atoms with van der Waals surface area (Å²) in [4.78, 5) is 11.2. The summed E-state index contributed by atoms with van der Waals surface area (Å²) in [7, 11) is 0. The minimum atomic E-state index is 0.0809. The maximum absolute atomic E-state index is 11.2. The Kier molecular flexibility index (Phi) is 4.59. The molecule has 3 nitrogen and oxygen atoms in total. The minimum absolute atomic E-state index is 0.0809. The lowest BCUT2D eigenvalue weighted by Gasteiger charge is -2.29. The molecule has 1 fully saturated rings. The first-order valence-electron chi connectivity index (χ1n) is 4.90. The van der Waals surface area contributed by atoms with Crippen molar-refractivity contribution >= 4 is 18.5 Å². The molecule has 3 N–H and O–H groups in total. The highest BCUT2D eigenvalue weighted by atomic mass is 32.1. The van der Waals surface area contributed by atoms with Crippen LogP contribution in [0.15, 0.2) is 0 Å². The number of hydrogen-bond donors (Lipinski definition) is 3. The molecule has 0 spiro atoms. The third-order valence-electron chi connectivity index (χ3n) is 2.50. The zero-order valence-electron chi connectivity index (χ0n) is 7.83. The molecule has 0 aromatic carbocycles. The Bertz CT molecular complexity index is 175. The second-order valence-corrected chi connectivity index (χ2v) is 4.04. The quantitative estimate of drug-likeness (QED) is 0.590. The molecule has 1 rings (SSSR count). The smallest absolute Gasteiger partial charge is 0.221 e. The highest BCUT2D eigenvalue weighted by molar-refractivity contribution is 7.80. The first kappa shape index (κ1) is 10.9. The van der Waals surface area contributed by atoms with Gasteiger partial charge in [-0.2, -0.15) is 12.6 Å². The highest BCUT2D eigenvalue weighted by Gasteiger charge is 2.22. The van der Waals surface area contributed by atoms with Gasteiger partial charge >= 0.3 is 0 Å². The molecule has 1 amide bonds. The van der Waals surface area contributed by atoms with Gasteiger partial charge in [0.25, 0.3) is 0 Å². The van der Waals surface area contributed by atoms with Crippen LogP contribution < -0.4 is 11.1 Å². The molecule has 0 aromatic heterocycles. The molecule has 2 unspecified atom stereocenters. The van der Waals surface area contributed by atoms with Gasteiger partial charge in [0.1, 0.15) is 0 Å². The molecule has 13 heavy (non-hydrogen) atoms. The van der Waals surface area contributed by atoms with Gasteiger partial charge in [-0.15, -0.1) is 0 Å². The molecule has 1 saturated carbocycles. The Labute approximate surface area is 84.9 Å². The van der Waals surface area contributed by atoms with Gasteiger partial charge in [-0.1, -0.05) is 12.8 Å². The van der Waals surface area contributed by atoms with Crippen LogP contribution in [-0.4, -0.2) is 23.7 Å². The fourth-order valence-corrected chi connectivity index (χ4v) is 1.92. The molecule has 76 valence electrons. The molecular formula is C9H18N2OS. The predicted octanol–water partition coefficient (Wildman–Crippen LogP) is 0.692. The molecule has 0 radical (unpaired) electrons. The summed E-state index contributed by atoms with van der Waals surface area (Å²) < 4.78 is 0. The number of carbonyl (C=O) groups excluding carboxylic acids is 1. The molecule has 2 atom stereocenters. The maximum Gasteiger partial charge on any atom is 0.221 e. The standard InChI is InChI=1S/C9H18N2OS/c10-7-3-1-2-4-8(7)11-9(12)5-6-13/h7-8,13H,1-6,10H2,(H,11,12). The van der Waals surface area contributed by atoms with Crippen molar-refractivity contribution in [1.82, 2.24) is 5.32 Å². The third kappa shape index (κ3) is 3.56. The Hall–Kier alpha value is -0.220. The van der Waals surface area contributed by atoms with Gasteiger partial charge in [-0.3, -0.25) is 4.79 Å². The van der Waals surface area contributed by atoms with Crippen molar-refractivity contribution in [2.24, 2.45) is 5.73 Å². The largest absolute Gasteiger partial charge is 0.352 e. The minimum Gasteiger partial charge on any atom is -0.352 e. The second-order valence-electron chi connectivity index (χ2n) is 3.60. The van der Waals surface area contributed by atoms with Crippen molar-refractivity contribution in [2.75, 3.05) is 5.75 Å². The van der Waals surface area contributed by atoms with E-state index in [2.05, 4.69) is 17.9 Å². The normalized spacial score (nSPS) is 28.5. The zero-order chi connectivity index (χ0) is 9.68. The number of carbonyl (C=O) groups is 1. The molecule has 0 heterocycles.